The lowest BCUT2D eigenvalue weighted by Crippen LogP contribution is -2.49. The number of aromatic nitrogens is 1. The molecule has 0 spiro atoms. The van der Waals surface area contributed by atoms with E-state index >= 15 is 0 Å². The average molecular weight is 459 g/mol. The fourth-order valence-electron chi connectivity index (χ4n) is 3.69. The number of aliphatic imine (C=N–C) groups is 1. The Morgan fingerprint density at radius 1 is 1.00 bits per heavy atom. The Hall–Kier alpha value is -3.77. The lowest BCUT2D eigenvalue weighted by Gasteiger charge is -2.25. The number of nitrogens with zero attached hydrogens (tertiary/aromatic N) is 3. The van der Waals surface area contributed by atoms with Gasteiger partial charge in [0, 0.05) is 16.8 Å². The van der Waals surface area contributed by atoms with E-state index in [1.807, 2.05) is 62.4 Å². The minimum absolute atomic E-state index is 0.00970. The van der Waals surface area contributed by atoms with Crippen molar-refractivity contribution in [2.24, 2.45) is 10.9 Å². The van der Waals surface area contributed by atoms with Gasteiger partial charge in [0.05, 0.1) is 11.6 Å². The number of carbonyl (C=O) groups excluding carboxylic acids is 2. The van der Waals surface area contributed by atoms with Crippen molar-refractivity contribution in [1.29, 1.82) is 0 Å². The Morgan fingerprint density at radius 2 is 1.70 bits per heavy atom. The third kappa shape index (κ3) is 5.02. The summed E-state index contributed by atoms with van der Waals surface area (Å²) in [4.78, 5) is 35.5. The number of halogens is 1. The molecular weight excluding hydrogens is 436 g/mol. The van der Waals surface area contributed by atoms with Crippen LogP contribution in [0.3, 0.4) is 0 Å². The number of amides is 2. The van der Waals surface area contributed by atoms with Gasteiger partial charge in [-0.3, -0.25) is 20.0 Å². The van der Waals surface area contributed by atoms with E-state index < -0.39 is 11.8 Å². The van der Waals surface area contributed by atoms with Gasteiger partial charge in [-0.15, -0.1) is 0 Å². The number of hydrazine groups is 1. The van der Waals surface area contributed by atoms with E-state index in [0.29, 0.717) is 22.1 Å². The largest absolute Gasteiger partial charge is 0.297 e. The molecule has 0 radical (unpaired) electrons. The van der Waals surface area contributed by atoms with Crippen LogP contribution in [0.15, 0.2) is 89.7 Å². The summed E-state index contributed by atoms with van der Waals surface area (Å²) in [5.41, 5.74) is 5.14. The van der Waals surface area contributed by atoms with E-state index in [2.05, 4.69) is 15.4 Å². The zero-order chi connectivity index (χ0) is 23.4. The average Bonchev–Trinajstić information content (AvgIpc) is 3.11. The molecule has 1 aliphatic heterocycles. The molecule has 0 fully saturated rings. The summed E-state index contributed by atoms with van der Waals surface area (Å²) in [6.07, 6.45) is 3.25. The van der Waals surface area contributed by atoms with Crippen LogP contribution in [0.1, 0.15) is 36.6 Å². The third-order valence-electron chi connectivity index (χ3n) is 5.26. The van der Waals surface area contributed by atoms with Crippen molar-refractivity contribution >= 4 is 35.3 Å². The Bertz CT molecular complexity index is 1210. The molecule has 2 amide bonds. The van der Waals surface area contributed by atoms with Gasteiger partial charge in [0.25, 0.3) is 5.91 Å². The highest BCUT2D eigenvalue weighted by molar-refractivity contribution is 6.30. The van der Waals surface area contributed by atoms with Crippen molar-refractivity contribution in [1.82, 2.24) is 15.4 Å². The molecule has 1 aliphatic rings. The molecule has 2 aromatic carbocycles. The quantitative estimate of drug-likeness (QED) is 0.537. The van der Waals surface area contributed by atoms with Crippen molar-refractivity contribution in [3.05, 3.63) is 107 Å². The van der Waals surface area contributed by atoms with Gasteiger partial charge in [-0.1, -0.05) is 74.0 Å². The molecule has 0 saturated carbocycles. The SMILES string of the molecule is CC(C)[C@@H](C(=O)NN1C(=O)/C(=C/c2ccccn2)N=C1c1ccccc1)c1ccc(Cl)cc1. The number of pyridine rings is 1. The van der Waals surface area contributed by atoms with Gasteiger partial charge >= 0.3 is 0 Å². The fourth-order valence-corrected chi connectivity index (χ4v) is 3.82. The molecular formula is C26H23ClN4O2. The summed E-state index contributed by atoms with van der Waals surface area (Å²) in [7, 11) is 0. The van der Waals surface area contributed by atoms with E-state index in [9.17, 15) is 9.59 Å². The molecule has 33 heavy (non-hydrogen) atoms. The molecule has 0 saturated heterocycles. The van der Waals surface area contributed by atoms with Gasteiger partial charge in [-0.2, -0.15) is 5.01 Å². The highest BCUT2D eigenvalue weighted by Gasteiger charge is 2.35. The molecule has 0 aliphatic carbocycles. The van der Waals surface area contributed by atoms with Crippen molar-refractivity contribution in [3.8, 4) is 0 Å². The summed E-state index contributed by atoms with van der Waals surface area (Å²) in [5, 5.41) is 1.82. The molecule has 7 heteroatoms. The van der Waals surface area contributed by atoms with Crippen LogP contribution in [0.5, 0.6) is 0 Å². The highest BCUT2D eigenvalue weighted by atomic mass is 35.5. The summed E-state index contributed by atoms with van der Waals surface area (Å²) >= 11 is 6.02. The Labute approximate surface area is 197 Å². The van der Waals surface area contributed by atoms with Crippen LogP contribution in [0.4, 0.5) is 0 Å². The Balaban J connectivity index is 1.68. The van der Waals surface area contributed by atoms with E-state index in [1.165, 1.54) is 5.01 Å². The first kappa shape index (κ1) is 22.4. The maximum Gasteiger partial charge on any atom is 0.297 e. The number of amidine groups is 1. The molecule has 1 atom stereocenters. The Morgan fingerprint density at radius 3 is 2.33 bits per heavy atom. The first-order valence-electron chi connectivity index (χ1n) is 10.6. The smallest absolute Gasteiger partial charge is 0.273 e. The number of rotatable bonds is 6. The summed E-state index contributed by atoms with van der Waals surface area (Å²) in [6, 6.07) is 21.9. The van der Waals surface area contributed by atoms with Crippen LogP contribution in [-0.2, 0) is 9.59 Å². The summed E-state index contributed by atoms with van der Waals surface area (Å²) in [6.45, 7) is 3.92. The van der Waals surface area contributed by atoms with Crippen LogP contribution in [0.25, 0.3) is 6.08 Å². The van der Waals surface area contributed by atoms with Crippen molar-refractivity contribution in [2.45, 2.75) is 19.8 Å². The summed E-state index contributed by atoms with van der Waals surface area (Å²) in [5.74, 6) is -0.856. The fraction of sp³-hybridized carbons (Fsp3) is 0.154. The second-order valence-electron chi connectivity index (χ2n) is 7.98. The molecule has 3 aromatic rings. The van der Waals surface area contributed by atoms with Gasteiger partial charge in [0.1, 0.15) is 5.70 Å². The molecule has 6 nitrogen and oxygen atoms in total. The van der Waals surface area contributed by atoms with E-state index in [0.717, 1.165) is 5.56 Å². The zero-order valence-corrected chi connectivity index (χ0v) is 19.0. The van der Waals surface area contributed by atoms with Crippen LogP contribution >= 0.6 is 11.6 Å². The number of nitrogens with one attached hydrogen (secondary N) is 1. The molecule has 2 heterocycles. The van der Waals surface area contributed by atoms with E-state index in [4.69, 9.17) is 11.6 Å². The van der Waals surface area contributed by atoms with Crippen molar-refractivity contribution < 1.29 is 9.59 Å². The van der Waals surface area contributed by atoms with Gasteiger partial charge in [-0.25, -0.2) is 4.99 Å². The predicted molar refractivity (Wildman–Crippen MR) is 129 cm³/mol. The molecule has 166 valence electrons. The second-order valence-corrected chi connectivity index (χ2v) is 8.41. The van der Waals surface area contributed by atoms with Gasteiger partial charge in [-0.05, 0) is 41.8 Å². The first-order chi connectivity index (χ1) is 15.9. The molecule has 0 unspecified atom stereocenters. The standard InChI is InChI=1S/C26H23ClN4O2/c1-17(2)23(18-11-13-20(27)14-12-18)25(32)30-31-24(19-8-4-3-5-9-19)29-22(26(31)33)16-21-10-6-7-15-28-21/h3-17,23H,1-2H3,(H,30,32)/b22-16-/t23-/m1/s1. The molecule has 4 rings (SSSR count). The number of hydrogen-bond donors (Lipinski definition) is 1. The normalized spacial score (nSPS) is 15.6. The van der Waals surface area contributed by atoms with Crippen molar-refractivity contribution in [2.75, 3.05) is 0 Å². The number of benzene rings is 2. The van der Waals surface area contributed by atoms with Crippen LogP contribution < -0.4 is 5.43 Å². The zero-order valence-electron chi connectivity index (χ0n) is 18.3. The first-order valence-corrected chi connectivity index (χ1v) is 11.0. The Kier molecular flexibility index (Phi) is 6.66. The monoisotopic (exact) mass is 458 g/mol. The molecule has 0 bridgehead atoms. The third-order valence-corrected chi connectivity index (χ3v) is 5.52. The lowest BCUT2D eigenvalue weighted by molar-refractivity contribution is -0.134. The van der Waals surface area contributed by atoms with Gasteiger partial charge < -0.3 is 0 Å². The van der Waals surface area contributed by atoms with E-state index in [1.54, 1.807) is 36.5 Å². The summed E-state index contributed by atoms with van der Waals surface area (Å²) < 4.78 is 0. The van der Waals surface area contributed by atoms with Crippen LogP contribution in [-0.4, -0.2) is 27.6 Å². The maximum absolute atomic E-state index is 13.4. The van der Waals surface area contributed by atoms with Gasteiger partial charge in [0.15, 0.2) is 5.84 Å². The highest BCUT2D eigenvalue weighted by Crippen LogP contribution is 2.27. The van der Waals surface area contributed by atoms with Gasteiger partial charge in [0.2, 0.25) is 5.91 Å². The van der Waals surface area contributed by atoms with Crippen molar-refractivity contribution in [3.63, 3.8) is 0 Å². The number of hydrogen-bond acceptors (Lipinski definition) is 4. The topological polar surface area (TPSA) is 74.7 Å². The predicted octanol–water partition coefficient (Wildman–Crippen LogP) is 4.84. The lowest BCUT2D eigenvalue weighted by atomic mass is 9.88. The van der Waals surface area contributed by atoms with E-state index in [-0.39, 0.29) is 17.5 Å². The minimum atomic E-state index is -0.476. The molecule has 1 aromatic heterocycles. The molecule has 1 N–H and O–H groups in total. The van der Waals surface area contributed by atoms with Crippen LogP contribution in [0, 0.1) is 5.92 Å². The van der Waals surface area contributed by atoms with Crippen LogP contribution in [0.2, 0.25) is 5.02 Å². The second kappa shape index (κ2) is 9.79. The maximum atomic E-state index is 13.4. The number of carbonyl (C=O) groups is 2. The minimum Gasteiger partial charge on any atom is -0.273 e.